The molecule has 1 aliphatic heterocycles. The minimum atomic E-state index is -0.174. The van der Waals surface area contributed by atoms with E-state index in [9.17, 15) is 9.90 Å². The van der Waals surface area contributed by atoms with Crippen LogP contribution in [0.3, 0.4) is 0 Å². The van der Waals surface area contributed by atoms with E-state index in [0.29, 0.717) is 21.9 Å². The number of rotatable bonds is 1. The molecule has 0 aliphatic carbocycles. The summed E-state index contributed by atoms with van der Waals surface area (Å²) < 4.78 is 0. The van der Waals surface area contributed by atoms with Gasteiger partial charge in [-0.05, 0) is 23.3 Å². The van der Waals surface area contributed by atoms with E-state index in [-0.39, 0.29) is 17.6 Å². The predicted octanol–water partition coefficient (Wildman–Crippen LogP) is 5.33. The maximum atomic E-state index is 12.3. The molecule has 1 amide bonds. The van der Waals surface area contributed by atoms with Gasteiger partial charge in [-0.1, -0.05) is 59.6 Å². The molecular formula is C19H13Cl2NO2. The summed E-state index contributed by atoms with van der Waals surface area (Å²) in [6.07, 6.45) is 0.303. The van der Waals surface area contributed by atoms with Crippen molar-refractivity contribution in [2.45, 2.75) is 12.3 Å². The topological polar surface area (TPSA) is 49.3 Å². The van der Waals surface area contributed by atoms with Crippen LogP contribution in [0.4, 0.5) is 5.69 Å². The number of amides is 1. The van der Waals surface area contributed by atoms with Crippen molar-refractivity contribution in [2.75, 3.05) is 5.32 Å². The highest BCUT2D eigenvalue weighted by atomic mass is 35.5. The smallest absolute Gasteiger partial charge is 0.225 e. The summed E-state index contributed by atoms with van der Waals surface area (Å²) >= 11 is 12.5. The Bertz CT molecular complexity index is 985. The van der Waals surface area contributed by atoms with Gasteiger partial charge in [-0.25, -0.2) is 0 Å². The third kappa shape index (κ3) is 2.32. The number of hydrogen-bond acceptors (Lipinski definition) is 2. The van der Waals surface area contributed by atoms with Crippen LogP contribution in [0.5, 0.6) is 5.75 Å². The first-order valence-electron chi connectivity index (χ1n) is 7.54. The summed E-state index contributed by atoms with van der Waals surface area (Å²) in [7, 11) is 0. The molecule has 0 saturated heterocycles. The highest BCUT2D eigenvalue weighted by molar-refractivity contribution is 6.42. The Kier molecular flexibility index (Phi) is 3.63. The molecule has 0 fully saturated rings. The monoisotopic (exact) mass is 357 g/mol. The lowest BCUT2D eigenvalue weighted by Crippen LogP contribution is -2.24. The number of phenolic OH excluding ortho intramolecular Hbond substituents is 1. The Labute approximate surface area is 148 Å². The predicted molar refractivity (Wildman–Crippen MR) is 97.2 cm³/mol. The second kappa shape index (κ2) is 5.69. The van der Waals surface area contributed by atoms with E-state index in [1.165, 1.54) is 0 Å². The maximum Gasteiger partial charge on any atom is 0.225 e. The minimum Gasteiger partial charge on any atom is -0.507 e. The fourth-order valence-electron chi connectivity index (χ4n) is 3.34. The Morgan fingerprint density at radius 1 is 0.958 bits per heavy atom. The van der Waals surface area contributed by atoms with E-state index in [1.54, 1.807) is 18.2 Å². The van der Waals surface area contributed by atoms with Gasteiger partial charge in [-0.15, -0.1) is 0 Å². The van der Waals surface area contributed by atoms with Crippen molar-refractivity contribution >= 4 is 45.6 Å². The molecule has 1 aliphatic rings. The first-order chi connectivity index (χ1) is 11.6. The lowest BCUT2D eigenvalue weighted by Gasteiger charge is -2.28. The number of carbonyl (C=O) groups is 1. The number of benzene rings is 3. The van der Waals surface area contributed by atoms with E-state index in [1.807, 2.05) is 30.3 Å². The van der Waals surface area contributed by atoms with Gasteiger partial charge in [-0.3, -0.25) is 4.79 Å². The lowest BCUT2D eigenvalue weighted by atomic mass is 9.83. The summed E-state index contributed by atoms with van der Waals surface area (Å²) in [6.45, 7) is 0. The molecule has 1 atom stereocenters. The van der Waals surface area contributed by atoms with Crippen molar-refractivity contribution in [3.05, 3.63) is 69.7 Å². The van der Waals surface area contributed by atoms with Crippen LogP contribution in [0, 0.1) is 0 Å². The standard InChI is InChI=1S/C19H13Cl2NO2/c20-15-5-1-3-11(18(15)21)14-9-17(24)22-19-12-4-2-6-16(23)10(12)7-8-13(14)19/h1-8,14,23H,9H2,(H,22,24). The fourth-order valence-corrected chi connectivity index (χ4v) is 3.78. The van der Waals surface area contributed by atoms with E-state index < -0.39 is 0 Å². The molecule has 3 aromatic carbocycles. The van der Waals surface area contributed by atoms with Gasteiger partial charge < -0.3 is 10.4 Å². The molecular weight excluding hydrogens is 345 g/mol. The quantitative estimate of drug-likeness (QED) is 0.618. The zero-order chi connectivity index (χ0) is 16.8. The largest absolute Gasteiger partial charge is 0.507 e. The number of halogens is 2. The third-order valence-corrected chi connectivity index (χ3v) is 5.29. The van der Waals surface area contributed by atoms with E-state index in [4.69, 9.17) is 23.2 Å². The van der Waals surface area contributed by atoms with Gasteiger partial charge in [0.15, 0.2) is 0 Å². The molecule has 0 bridgehead atoms. The van der Waals surface area contributed by atoms with Gasteiger partial charge in [0.1, 0.15) is 5.75 Å². The molecule has 120 valence electrons. The second-order valence-corrected chi connectivity index (χ2v) is 6.64. The van der Waals surface area contributed by atoms with Crippen LogP contribution < -0.4 is 5.32 Å². The highest BCUT2D eigenvalue weighted by Gasteiger charge is 2.29. The summed E-state index contributed by atoms with van der Waals surface area (Å²) in [4.78, 5) is 12.3. The van der Waals surface area contributed by atoms with Crippen LogP contribution in [-0.2, 0) is 4.79 Å². The van der Waals surface area contributed by atoms with Crippen molar-refractivity contribution in [2.24, 2.45) is 0 Å². The van der Waals surface area contributed by atoms with Crippen LogP contribution in [0.25, 0.3) is 10.8 Å². The molecule has 0 saturated carbocycles. The Hall–Kier alpha value is -2.23. The molecule has 1 unspecified atom stereocenters. The van der Waals surface area contributed by atoms with Gasteiger partial charge in [-0.2, -0.15) is 0 Å². The van der Waals surface area contributed by atoms with Crippen molar-refractivity contribution < 1.29 is 9.90 Å². The summed E-state index contributed by atoms with van der Waals surface area (Å²) in [6, 6.07) is 14.5. The minimum absolute atomic E-state index is 0.0839. The third-order valence-electron chi connectivity index (χ3n) is 4.46. The van der Waals surface area contributed by atoms with Gasteiger partial charge in [0.05, 0.1) is 15.7 Å². The average Bonchev–Trinajstić information content (AvgIpc) is 2.57. The number of anilines is 1. The normalized spacial score (nSPS) is 16.8. The molecule has 2 N–H and O–H groups in total. The molecule has 4 rings (SSSR count). The van der Waals surface area contributed by atoms with Crippen molar-refractivity contribution in [3.63, 3.8) is 0 Å². The second-order valence-electron chi connectivity index (χ2n) is 5.85. The number of aromatic hydroxyl groups is 1. The van der Waals surface area contributed by atoms with Crippen LogP contribution >= 0.6 is 23.2 Å². The zero-order valence-electron chi connectivity index (χ0n) is 12.5. The maximum absolute atomic E-state index is 12.3. The summed E-state index contributed by atoms with van der Waals surface area (Å²) in [5, 5.41) is 15.4. The van der Waals surface area contributed by atoms with Crippen molar-refractivity contribution in [1.82, 2.24) is 0 Å². The van der Waals surface area contributed by atoms with Gasteiger partial charge in [0.25, 0.3) is 0 Å². The summed E-state index contributed by atoms with van der Waals surface area (Å²) in [5.41, 5.74) is 2.53. The van der Waals surface area contributed by atoms with E-state index in [0.717, 1.165) is 22.2 Å². The van der Waals surface area contributed by atoms with Crippen LogP contribution in [0.1, 0.15) is 23.5 Å². The number of fused-ring (bicyclic) bond motifs is 3. The lowest BCUT2D eigenvalue weighted by molar-refractivity contribution is -0.116. The first kappa shape index (κ1) is 15.3. The Balaban J connectivity index is 1.98. The fraction of sp³-hybridized carbons (Fsp3) is 0.105. The van der Waals surface area contributed by atoms with E-state index >= 15 is 0 Å². The SMILES string of the molecule is O=C1CC(c2cccc(Cl)c2Cl)c2ccc3c(O)cccc3c2N1. The Morgan fingerprint density at radius 3 is 2.58 bits per heavy atom. The van der Waals surface area contributed by atoms with E-state index in [2.05, 4.69) is 5.32 Å². The van der Waals surface area contributed by atoms with Crippen LogP contribution in [0.2, 0.25) is 10.0 Å². The molecule has 5 heteroatoms. The van der Waals surface area contributed by atoms with Crippen LogP contribution in [-0.4, -0.2) is 11.0 Å². The van der Waals surface area contributed by atoms with Crippen molar-refractivity contribution in [3.8, 4) is 5.75 Å². The van der Waals surface area contributed by atoms with Gasteiger partial charge >= 0.3 is 0 Å². The molecule has 0 spiro atoms. The molecule has 3 aromatic rings. The zero-order valence-corrected chi connectivity index (χ0v) is 14.0. The number of hydrogen-bond donors (Lipinski definition) is 2. The van der Waals surface area contributed by atoms with Crippen molar-refractivity contribution in [1.29, 1.82) is 0 Å². The molecule has 0 radical (unpaired) electrons. The summed E-state index contributed by atoms with van der Waals surface area (Å²) in [5.74, 6) is -0.0708. The van der Waals surface area contributed by atoms with Gasteiger partial charge in [0, 0.05) is 23.1 Å². The van der Waals surface area contributed by atoms with Gasteiger partial charge in [0.2, 0.25) is 5.91 Å². The highest BCUT2D eigenvalue weighted by Crippen LogP contribution is 2.45. The first-order valence-corrected chi connectivity index (χ1v) is 8.30. The molecule has 3 nitrogen and oxygen atoms in total. The Morgan fingerprint density at radius 2 is 1.75 bits per heavy atom. The van der Waals surface area contributed by atoms with Crippen LogP contribution in [0.15, 0.2) is 48.5 Å². The number of phenols is 1. The molecule has 0 aromatic heterocycles. The average molecular weight is 358 g/mol. The molecule has 24 heavy (non-hydrogen) atoms. The number of nitrogens with one attached hydrogen (secondary N) is 1. The number of carbonyl (C=O) groups excluding carboxylic acids is 1. The molecule has 1 heterocycles.